The molecule has 1 fully saturated rings. The Labute approximate surface area is 167 Å². The number of carbonyl (C=O) groups is 2. The van der Waals surface area contributed by atoms with Gasteiger partial charge in [-0.05, 0) is 38.0 Å². The molecule has 1 aliphatic heterocycles. The molecule has 154 valence electrons. The highest BCUT2D eigenvalue weighted by Gasteiger charge is 2.25. The molecule has 1 aromatic carbocycles. The van der Waals surface area contributed by atoms with Gasteiger partial charge in [0, 0.05) is 50.9 Å². The zero-order valence-corrected chi connectivity index (χ0v) is 17.2. The molecular formula is C20H32N6O2. The van der Waals surface area contributed by atoms with Gasteiger partial charge in [0.05, 0.1) is 0 Å². The first-order valence-corrected chi connectivity index (χ1v) is 9.82. The number of benzene rings is 1. The van der Waals surface area contributed by atoms with Crippen molar-refractivity contribution in [2.24, 2.45) is 4.99 Å². The summed E-state index contributed by atoms with van der Waals surface area (Å²) in [5, 5.41) is 12.3. The van der Waals surface area contributed by atoms with Gasteiger partial charge in [-0.15, -0.1) is 0 Å². The molecule has 0 radical (unpaired) electrons. The number of urea groups is 1. The number of nitrogens with zero attached hydrogens (tertiary/aromatic N) is 2. The number of anilines is 1. The van der Waals surface area contributed by atoms with Crippen LogP contribution in [0.3, 0.4) is 0 Å². The van der Waals surface area contributed by atoms with Gasteiger partial charge in [-0.2, -0.15) is 0 Å². The Hall–Kier alpha value is -2.77. The van der Waals surface area contributed by atoms with Gasteiger partial charge in [0.15, 0.2) is 5.96 Å². The lowest BCUT2D eigenvalue weighted by Gasteiger charge is -2.19. The number of hydrogen-bond donors (Lipinski definition) is 4. The van der Waals surface area contributed by atoms with Gasteiger partial charge in [0.25, 0.3) is 0 Å². The number of carbonyl (C=O) groups excluding carboxylic acids is 2. The average Bonchev–Trinajstić information content (AvgIpc) is 3.13. The molecule has 1 atom stereocenters. The SMILES string of the molecule is CCC(=O)N1CCC(NC(=NC)NCc2ccc(NC(=O)NC(C)C)cc2)C1. The fraction of sp³-hybridized carbons (Fsp3) is 0.550. The van der Waals surface area contributed by atoms with E-state index in [0.717, 1.165) is 24.2 Å². The van der Waals surface area contributed by atoms with Crippen molar-refractivity contribution in [1.82, 2.24) is 20.9 Å². The van der Waals surface area contributed by atoms with E-state index in [9.17, 15) is 9.59 Å². The number of aliphatic imine (C=N–C) groups is 1. The third-order valence-electron chi connectivity index (χ3n) is 4.50. The minimum absolute atomic E-state index is 0.0924. The molecule has 0 aliphatic carbocycles. The van der Waals surface area contributed by atoms with E-state index in [1.54, 1.807) is 7.05 Å². The fourth-order valence-corrected chi connectivity index (χ4v) is 3.04. The summed E-state index contributed by atoms with van der Waals surface area (Å²) in [5.41, 5.74) is 1.82. The summed E-state index contributed by atoms with van der Waals surface area (Å²) >= 11 is 0. The van der Waals surface area contributed by atoms with Gasteiger partial charge in [-0.25, -0.2) is 4.79 Å². The summed E-state index contributed by atoms with van der Waals surface area (Å²) in [5.74, 6) is 0.914. The highest BCUT2D eigenvalue weighted by Crippen LogP contribution is 2.11. The molecule has 8 heteroatoms. The van der Waals surface area contributed by atoms with E-state index in [1.165, 1.54) is 0 Å². The second-order valence-corrected chi connectivity index (χ2v) is 7.20. The largest absolute Gasteiger partial charge is 0.352 e. The topological polar surface area (TPSA) is 97.9 Å². The third-order valence-corrected chi connectivity index (χ3v) is 4.50. The van der Waals surface area contributed by atoms with Crippen molar-refractivity contribution >= 4 is 23.6 Å². The molecule has 1 heterocycles. The van der Waals surface area contributed by atoms with Crippen molar-refractivity contribution in [1.29, 1.82) is 0 Å². The predicted octanol–water partition coefficient (Wildman–Crippen LogP) is 1.89. The van der Waals surface area contributed by atoms with Crippen LogP contribution in [-0.2, 0) is 11.3 Å². The fourth-order valence-electron chi connectivity index (χ4n) is 3.04. The first-order chi connectivity index (χ1) is 13.4. The Morgan fingerprint density at radius 1 is 1.25 bits per heavy atom. The third kappa shape index (κ3) is 6.75. The van der Waals surface area contributed by atoms with Crippen LogP contribution in [0.25, 0.3) is 0 Å². The van der Waals surface area contributed by atoms with E-state index >= 15 is 0 Å². The maximum atomic E-state index is 11.8. The Kier molecular flexibility index (Phi) is 8.10. The zero-order chi connectivity index (χ0) is 20.5. The monoisotopic (exact) mass is 388 g/mol. The molecule has 1 saturated heterocycles. The van der Waals surface area contributed by atoms with E-state index < -0.39 is 0 Å². The van der Waals surface area contributed by atoms with Gasteiger partial charge in [0.2, 0.25) is 5.91 Å². The Morgan fingerprint density at radius 2 is 1.96 bits per heavy atom. The predicted molar refractivity (Wildman–Crippen MR) is 112 cm³/mol. The molecule has 3 amide bonds. The van der Waals surface area contributed by atoms with Crippen molar-refractivity contribution in [2.45, 2.75) is 52.2 Å². The molecule has 28 heavy (non-hydrogen) atoms. The summed E-state index contributed by atoms with van der Waals surface area (Å²) < 4.78 is 0. The number of likely N-dealkylation sites (tertiary alicyclic amines) is 1. The number of guanidine groups is 1. The Morgan fingerprint density at radius 3 is 2.57 bits per heavy atom. The molecule has 0 bridgehead atoms. The molecule has 1 unspecified atom stereocenters. The molecule has 0 spiro atoms. The summed E-state index contributed by atoms with van der Waals surface area (Å²) in [6.07, 6.45) is 1.47. The van der Waals surface area contributed by atoms with Gasteiger partial charge < -0.3 is 26.2 Å². The summed E-state index contributed by atoms with van der Waals surface area (Å²) in [6, 6.07) is 7.77. The van der Waals surface area contributed by atoms with E-state index in [-0.39, 0.29) is 24.0 Å². The van der Waals surface area contributed by atoms with Crippen LogP contribution in [0.5, 0.6) is 0 Å². The molecule has 2 rings (SSSR count). The first kappa shape index (κ1) is 21.5. The Balaban J connectivity index is 1.79. The standard InChI is InChI=1S/C20H32N6O2/c1-5-18(27)26-11-10-17(13-26)24-19(21-4)22-12-15-6-8-16(9-7-15)25-20(28)23-14(2)3/h6-9,14,17H,5,10-13H2,1-4H3,(H2,21,22,24)(H2,23,25,28). The molecule has 0 saturated carbocycles. The van der Waals surface area contributed by atoms with Crippen LogP contribution in [0.1, 0.15) is 39.2 Å². The van der Waals surface area contributed by atoms with Crippen LogP contribution in [0.4, 0.5) is 10.5 Å². The van der Waals surface area contributed by atoms with Crippen LogP contribution < -0.4 is 21.3 Å². The number of rotatable bonds is 6. The zero-order valence-electron chi connectivity index (χ0n) is 17.2. The molecule has 0 aromatic heterocycles. The minimum Gasteiger partial charge on any atom is -0.352 e. The first-order valence-electron chi connectivity index (χ1n) is 9.82. The van der Waals surface area contributed by atoms with E-state index in [0.29, 0.717) is 25.5 Å². The normalized spacial score (nSPS) is 16.8. The van der Waals surface area contributed by atoms with Gasteiger partial charge in [-0.1, -0.05) is 19.1 Å². The number of amides is 3. The highest BCUT2D eigenvalue weighted by atomic mass is 16.2. The van der Waals surface area contributed by atoms with E-state index in [2.05, 4.69) is 26.3 Å². The lowest BCUT2D eigenvalue weighted by Crippen LogP contribution is -2.44. The van der Waals surface area contributed by atoms with Crippen LogP contribution in [0.2, 0.25) is 0 Å². The van der Waals surface area contributed by atoms with Crippen molar-refractivity contribution in [2.75, 3.05) is 25.5 Å². The lowest BCUT2D eigenvalue weighted by molar-refractivity contribution is -0.129. The van der Waals surface area contributed by atoms with Crippen molar-refractivity contribution in [3.63, 3.8) is 0 Å². The quantitative estimate of drug-likeness (QED) is 0.442. The van der Waals surface area contributed by atoms with Gasteiger partial charge in [0.1, 0.15) is 0 Å². The lowest BCUT2D eigenvalue weighted by atomic mass is 10.2. The van der Waals surface area contributed by atoms with E-state index in [4.69, 9.17) is 0 Å². The van der Waals surface area contributed by atoms with Crippen LogP contribution in [-0.4, -0.2) is 55.0 Å². The van der Waals surface area contributed by atoms with Crippen LogP contribution in [0, 0.1) is 0 Å². The number of hydrogen-bond acceptors (Lipinski definition) is 3. The molecule has 4 N–H and O–H groups in total. The second kappa shape index (κ2) is 10.5. The summed E-state index contributed by atoms with van der Waals surface area (Å²) in [7, 11) is 1.74. The summed E-state index contributed by atoms with van der Waals surface area (Å²) in [6.45, 7) is 7.84. The second-order valence-electron chi connectivity index (χ2n) is 7.20. The minimum atomic E-state index is -0.211. The van der Waals surface area contributed by atoms with Gasteiger partial charge in [-0.3, -0.25) is 9.79 Å². The molecular weight excluding hydrogens is 356 g/mol. The molecule has 8 nitrogen and oxygen atoms in total. The summed E-state index contributed by atoms with van der Waals surface area (Å²) in [4.78, 5) is 29.7. The van der Waals surface area contributed by atoms with E-state index in [1.807, 2.05) is 49.9 Å². The van der Waals surface area contributed by atoms with Crippen molar-refractivity contribution in [3.05, 3.63) is 29.8 Å². The maximum absolute atomic E-state index is 11.8. The molecule has 1 aromatic rings. The Bertz CT molecular complexity index is 686. The van der Waals surface area contributed by atoms with Crippen LogP contribution >= 0.6 is 0 Å². The molecule has 1 aliphatic rings. The van der Waals surface area contributed by atoms with Gasteiger partial charge >= 0.3 is 6.03 Å². The number of nitrogens with one attached hydrogen (secondary N) is 4. The van der Waals surface area contributed by atoms with Crippen LogP contribution in [0.15, 0.2) is 29.3 Å². The van der Waals surface area contributed by atoms with Crippen molar-refractivity contribution < 1.29 is 9.59 Å². The maximum Gasteiger partial charge on any atom is 0.319 e. The average molecular weight is 389 g/mol. The highest BCUT2D eigenvalue weighted by molar-refractivity contribution is 5.89. The smallest absolute Gasteiger partial charge is 0.319 e. The van der Waals surface area contributed by atoms with Crippen molar-refractivity contribution in [3.8, 4) is 0 Å².